The third kappa shape index (κ3) is 1.52. The Labute approximate surface area is 96.6 Å². The first-order valence-corrected chi connectivity index (χ1v) is 4.71. The van der Waals surface area contributed by atoms with Crippen molar-refractivity contribution in [2.24, 2.45) is 0 Å². The second kappa shape index (κ2) is 3.85. The van der Waals surface area contributed by atoms with E-state index in [1.807, 2.05) is 0 Å². The zero-order chi connectivity index (χ0) is 12.6. The Kier molecular flexibility index (Phi) is 2.51. The van der Waals surface area contributed by atoms with Gasteiger partial charge in [0.15, 0.2) is 11.5 Å². The zero-order valence-corrected chi connectivity index (χ0v) is 9.30. The standard InChI is InChI=1S/C10H11N3O4/c1-16-9-7(11)6-4-13(15)12-3-5(6)8(14)10(9)17-2/h3-4,14H,11H2,1-2H3. The minimum absolute atomic E-state index is 0.114. The van der Waals surface area contributed by atoms with Crippen molar-refractivity contribution < 1.29 is 19.4 Å². The van der Waals surface area contributed by atoms with Gasteiger partial charge >= 0.3 is 0 Å². The predicted molar refractivity (Wildman–Crippen MR) is 59.9 cm³/mol. The molecule has 2 rings (SSSR count). The molecular weight excluding hydrogens is 226 g/mol. The van der Waals surface area contributed by atoms with Gasteiger partial charge in [0.25, 0.3) is 0 Å². The molecule has 7 nitrogen and oxygen atoms in total. The summed E-state index contributed by atoms with van der Waals surface area (Å²) >= 11 is 0. The molecule has 3 N–H and O–H groups in total. The molecule has 17 heavy (non-hydrogen) atoms. The van der Waals surface area contributed by atoms with E-state index in [0.717, 1.165) is 6.20 Å². The average Bonchev–Trinajstić information content (AvgIpc) is 2.33. The van der Waals surface area contributed by atoms with E-state index >= 15 is 0 Å². The highest BCUT2D eigenvalue weighted by molar-refractivity contribution is 6.01. The van der Waals surface area contributed by atoms with Crippen LogP contribution in [0.2, 0.25) is 0 Å². The Hall–Kier alpha value is -2.44. The van der Waals surface area contributed by atoms with E-state index in [1.165, 1.54) is 20.4 Å². The number of aromatic nitrogens is 2. The zero-order valence-electron chi connectivity index (χ0n) is 9.30. The van der Waals surface area contributed by atoms with Crippen LogP contribution in [0.3, 0.4) is 0 Å². The fraction of sp³-hybridized carbons (Fsp3) is 0.200. The van der Waals surface area contributed by atoms with Gasteiger partial charge in [-0.15, -0.1) is 0 Å². The summed E-state index contributed by atoms with van der Waals surface area (Å²) in [7, 11) is 2.78. The Morgan fingerprint density at radius 3 is 2.53 bits per heavy atom. The van der Waals surface area contributed by atoms with Crippen molar-refractivity contribution in [3.63, 3.8) is 0 Å². The molecule has 0 aliphatic carbocycles. The van der Waals surface area contributed by atoms with Crippen LogP contribution in [-0.4, -0.2) is 24.4 Å². The van der Waals surface area contributed by atoms with Crippen LogP contribution in [0.25, 0.3) is 10.8 Å². The van der Waals surface area contributed by atoms with Crippen molar-refractivity contribution in [3.05, 3.63) is 17.6 Å². The molecule has 1 aromatic heterocycles. The number of phenolic OH excluding ortho intramolecular Hbond substituents is 1. The summed E-state index contributed by atoms with van der Waals surface area (Å²) < 4.78 is 10.1. The normalized spacial score (nSPS) is 10.5. The van der Waals surface area contributed by atoms with Crippen LogP contribution >= 0.6 is 0 Å². The van der Waals surface area contributed by atoms with Crippen molar-refractivity contribution >= 4 is 16.5 Å². The lowest BCUT2D eigenvalue weighted by Crippen LogP contribution is -2.29. The molecule has 0 amide bonds. The molecule has 0 unspecified atom stereocenters. The maximum Gasteiger partial charge on any atom is 0.220 e. The van der Waals surface area contributed by atoms with Crippen molar-refractivity contribution in [1.29, 1.82) is 0 Å². The summed E-state index contributed by atoms with van der Waals surface area (Å²) in [6.45, 7) is 0. The van der Waals surface area contributed by atoms with Gasteiger partial charge in [0.05, 0.1) is 30.7 Å². The number of nitrogens with zero attached hydrogens (tertiary/aromatic N) is 2. The van der Waals surface area contributed by atoms with Crippen molar-refractivity contribution in [2.75, 3.05) is 20.0 Å². The Balaban J connectivity index is 2.94. The van der Waals surface area contributed by atoms with Crippen LogP contribution in [0.1, 0.15) is 0 Å². The number of hydrogen-bond donors (Lipinski definition) is 2. The van der Waals surface area contributed by atoms with E-state index in [0.29, 0.717) is 15.6 Å². The smallest absolute Gasteiger partial charge is 0.220 e. The number of nitrogen functional groups attached to an aromatic ring is 1. The molecule has 0 radical (unpaired) electrons. The maximum absolute atomic E-state index is 11.1. The number of ether oxygens (including phenoxy) is 2. The number of nitrogens with two attached hydrogens (primary N) is 1. The highest BCUT2D eigenvalue weighted by atomic mass is 16.5. The molecule has 0 spiro atoms. The monoisotopic (exact) mass is 237 g/mol. The number of rotatable bonds is 2. The van der Waals surface area contributed by atoms with E-state index in [9.17, 15) is 10.3 Å². The molecule has 90 valence electrons. The molecule has 0 saturated carbocycles. The summed E-state index contributed by atoms with van der Waals surface area (Å²) in [6.07, 6.45) is 2.38. The number of phenols is 1. The van der Waals surface area contributed by atoms with E-state index in [4.69, 9.17) is 15.2 Å². The quantitative estimate of drug-likeness (QED) is 0.334. The minimum atomic E-state index is -0.165. The molecule has 0 fully saturated rings. The van der Waals surface area contributed by atoms with Crippen LogP contribution in [-0.2, 0) is 0 Å². The van der Waals surface area contributed by atoms with Gasteiger partial charge in [-0.3, -0.25) is 0 Å². The summed E-state index contributed by atoms with van der Waals surface area (Å²) in [4.78, 5) is 0.351. The van der Waals surface area contributed by atoms with Crippen molar-refractivity contribution in [2.45, 2.75) is 0 Å². The van der Waals surface area contributed by atoms with Crippen molar-refractivity contribution in [1.82, 2.24) is 5.10 Å². The third-order valence-corrected chi connectivity index (χ3v) is 2.45. The number of anilines is 1. The molecule has 2 aromatic rings. The molecule has 7 heteroatoms. The van der Waals surface area contributed by atoms with Crippen molar-refractivity contribution in [3.8, 4) is 17.2 Å². The topological polar surface area (TPSA) is 105 Å². The molecule has 0 aliphatic rings. The lowest BCUT2D eigenvalue weighted by molar-refractivity contribution is -0.667. The molecule has 1 heterocycles. The lowest BCUT2D eigenvalue weighted by Gasteiger charge is -2.13. The first kappa shape index (κ1) is 11.1. The second-order valence-corrected chi connectivity index (χ2v) is 3.33. The first-order chi connectivity index (χ1) is 8.10. The highest BCUT2D eigenvalue weighted by Crippen LogP contribution is 2.46. The molecule has 0 saturated heterocycles. The third-order valence-electron chi connectivity index (χ3n) is 2.45. The number of fused-ring (bicyclic) bond motifs is 1. The van der Waals surface area contributed by atoms with Gasteiger partial charge in [0, 0.05) is 5.10 Å². The Morgan fingerprint density at radius 2 is 1.94 bits per heavy atom. The predicted octanol–water partition coefficient (Wildman–Crippen LogP) is 0.173. The van der Waals surface area contributed by atoms with Crippen LogP contribution in [0.15, 0.2) is 12.4 Å². The molecule has 0 bridgehead atoms. The number of hydrogen-bond acceptors (Lipinski definition) is 6. The molecule has 0 atom stereocenters. The van der Waals surface area contributed by atoms with E-state index in [2.05, 4.69) is 5.10 Å². The lowest BCUT2D eigenvalue weighted by atomic mass is 10.1. The fourth-order valence-electron chi connectivity index (χ4n) is 1.67. The Bertz CT molecular complexity index is 586. The van der Waals surface area contributed by atoms with Crippen LogP contribution in [0.5, 0.6) is 17.2 Å². The minimum Gasteiger partial charge on any atom is -0.594 e. The fourth-order valence-corrected chi connectivity index (χ4v) is 1.67. The van der Waals surface area contributed by atoms with Gasteiger partial charge in [-0.25, -0.2) is 0 Å². The SMILES string of the molecule is COc1c(OC)c(O)c2cn[n+]([O-])cc2c1N. The van der Waals surface area contributed by atoms with E-state index < -0.39 is 0 Å². The second-order valence-electron chi connectivity index (χ2n) is 3.33. The largest absolute Gasteiger partial charge is 0.594 e. The van der Waals surface area contributed by atoms with Crippen LogP contribution in [0, 0.1) is 5.21 Å². The number of methoxy groups -OCH3 is 2. The average molecular weight is 237 g/mol. The van der Waals surface area contributed by atoms with Gasteiger partial charge in [-0.1, -0.05) is 4.85 Å². The van der Waals surface area contributed by atoms with E-state index in [-0.39, 0.29) is 22.9 Å². The van der Waals surface area contributed by atoms with Gasteiger partial charge in [0.1, 0.15) is 6.20 Å². The summed E-state index contributed by atoms with van der Waals surface area (Å²) in [5.41, 5.74) is 6.06. The highest BCUT2D eigenvalue weighted by Gasteiger charge is 2.21. The summed E-state index contributed by atoms with van der Waals surface area (Å²) in [5.74, 6) is 0.133. The van der Waals surface area contributed by atoms with Crippen LogP contribution in [0.4, 0.5) is 5.69 Å². The summed E-state index contributed by atoms with van der Waals surface area (Å²) in [5, 5.41) is 25.2. The maximum atomic E-state index is 11.1. The van der Waals surface area contributed by atoms with Gasteiger partial charge in [0.2, 0.25) is 11.9 Å². The molecule has 0 aliphatic heterocycles. The van der Waals surface area contributed by atoms with Gasteiger partial charge in [-0.05, 0) is 0 Å². The molecular formula is C10H11N3O4. The number of benzene rings is 1. The first-order valence-electron chi connectivity index (χ1n) is 4.71. The number of aromatic hydroxyl groups is 1. The van der Waals surface area contributed by atoms with Gasteiger partial charge < -0.3 is 25.5 Å². The summed E-state index contributed by atoms with van der Waals surface area (Å²) in [6, 6.07) is 0. The Morgan fingerprint density at radius 1 is 1.29 bits per heavy atom. The van der Waals surface area contributed by atoms with E-state index in [1.54, 1.807) is 0 Å². The molecule has 1 aromatic carbocycles. The van der Waals surface area contributed by atoms with Gasteiger partial charge in [-0.2, -0.15) is 0 Å². The van der Waals surface area contributed by atoms with Crippen LogP contribution < -0.4 is 20.1 Å².